The van der Waals surface area contributed by atoms with Gasteiger partial charge in [-0.1, -0.05) is 72.8 Å². The minimum atomic E-state index is -0.342. The van der Waals surface area contributed by atoms with Crippen molar-refractivity contribution in [2.75, 3.05) is 21.3 Å². The number of rotatable bonds is 9. The average Bonchev–Trinajstić information content (AvgIpc) is 2.82. The topological polar surface area (TPSA) is 93.9 Å². The van der Waals surface area contributed by atoms with Gasteiger partial charge in [0.15, 0.2) is 5.71 Å². The van der Waals surface area contributed by atoms with Crippen molar-refractivity contribution in [2.45, 2.75) is 59.5 Å². The van der Waals surface area contributed by atoms with Crippen LogP contribution >= 0.6 is 0 Å². The number of oxime groups is 3. The third-order valence-electron chi connectivity index (χ3n) is 4.87. The van der Waals surface area contributed by atoms with Crippen LogP contribution in [0.1, 0.15) is 64.0 Å². The number of benzene rings is 1. The van der Waals surface area contributed by atoms with Crippen LogP contribution in [0.15, 0.2) is 39.7 Å². The fraction of sp³-hybridized carbons (Fsp3) is 0.565. The van der Waals surface area contributed by atoms with Crippen molar-refractivity contribution < 1.29 is 19.3 Å². The molecule has 1 fully saturated rings. The lowest BCUT2D eigenvalue weighted by Gasteiger charge is -2.22. The van der Waals surface area contributed by atoms with E-state index in [4.69, 9.17) is 14.5 Å². The largest absolute Gasteiger partial charge is 0.399 e. The molecule has 0 saturated heterocycles. The highest BCUT2D eigenvalue weighted by Crippen LogP contribution is 2.25. The van der Waals surface area contributed by atoms with Gasteiger partial charge in [0.2, 0.25) is 0 Å². The maximum Gasteiger partial charge on any atom is 0.273 e. The van der Waals surface area contributed by atoms with Crippen molar-refractivity contribution in [1.82, 2.24) is 5.32 Å². The number of carbonyl (C=O) groups excluding carboxylic acids is 1. The first-order valence-corrected chi connectivity index (χ1v) is 10.8. The molecule has 1 amide bonds. The summed E-state index contributed by atoms with van der Waals surface area (Å²) in [5, 5.41) is 14.9. The lowest BCUT2D eigenvalue weighted by atomic mass is 9.84. The van der Waals surface area contributed by atoms with Crippen molar-refractivity contribution in [3.05, 3.63) is 35.4 Å². The Hall–Kier alpha value is -2.90. The van der Waals surface area contributed by atoms with E-state index >= 15 is 0 Å². The molecule has 0 aliphatic heterocycles. The van der Waals surface area contributed by atoms with Crippen LogP contribution in [0.3, 0.4) is 0 Å². The van der Waals surface area contributed by atoms with Crippen molar-refractivity contribution >= 4 is 23.0 Å². The van der Waals surface area contributed by atoms with E-state index in [1.54, 1.807) is 20.2 Å². The van der Waals surface area contributed by atoms with E-state index in [1.165, 1.54) is 26.4 Å². The zero-order valence-corrected chi connectivity index (χ0v) is 19.6. The van der Waals surface area contributed by atoms with Gasteiger partial charge in [0.05, 0.1) is 0 Å². The summed E-state index contributed by atoms with van der Waals surface area (Å²) in [4.78, 5) is 27.6. The normalized spacial score (nSPS) is 15.5. The van der Waals surface area contributed by atoms with Crippen LogP contribution in [0.4, 0.5) is 0 Å². The van der Waals surface area contributed by atoms with Crippen LogP contribution in [0.5, 0.6) is 0 Å². The average molecular weight is 433 g/mol. The highest BCUT2D eigenvalue weighted by Gasteiger charge is 2.23. The summed E-state index contributed by atoms with van der Waals surface area (Å²) in [6.45, 7) is 6.05. The molecule has 0 spiro atoms. The molecule has 1 N–H and O–H groups in total. The summed E-state index contributed by atoms with van der Waals surface area (Å²) >= 11 is 0. The number of nitrogens with one attached hydrogen (secondary N) is 1. The van der Waals surface area contributed by atoms with Gasteiger partial charge < -0.3 is 19.8 Å². The standard InChI is InChI=1S/C21H30N4O4.C2H6/c1-15(19(24-27-3)16-10-6-5-7-11-16)23-29-14-17-12-8-9-13-18(17)20(25-28-4)21(26)22-2;1-2/h8-9,12-13,16H,5-7,10-11,14H2,1-4H3,(H,22,26);1-2H3/b23-15-,24-19+,25-20-;. The summed E-state index contributed by atoms with van der Waals surface area (Å²) in [7, 11) is 4.49. The molecule has 0 bridgehead atoms. The van der Waals surface area contributed by atoms with Crippen LogP contribution in [0.25, 0.3) is 0 Å². The maximum atomic E-state index is 12.2. The van der Waals surface area contributed by atoms with Crippen molar-refractivity contribution in [1.29, 1.82) is 0 Å². The predicted octanol–water partition coefficient (Wildman–Crippen LogP) is 4.28. The maximum absolute atomic E-state index is 12.2. The van der Waals surface area contributed by atoms with E-state index in [2.05, 4.69) is 20.8 Å². The van der Waals surface area contributed by atoms with Crippen molar-refractivity contribution in [2.24, 2.45) is 21.4 Å². The molecule has 1 aromatic rings. The van der Waals surface area contributed by atoms with Gasteiger partial charge in [-0.05, 0) is 19.8 Å². The Labute approximate surface area is 185 Å². The summed E-state index contributed by atoms with van der Waals surface area (Å²) < 4.78 is 0. The second kappa shape index (κ2) is 15.0. The molecule has 31 heavy (non-hydrogen) atoms. The van der Waals surface area contributed by atoms with Gasteiger partial charge in [-0.2, -0.15) is 0 Å². The van der Waals surface area contributed by atoms with Crippen molar-refractivity contribution in [3.8, 4) is 0 Å². The molecule has 8 nitrogen and oxygen atoms in total. The summed E-state index contributed by atoms with van der Waals surface area (Å²) in [5.41, 5.74) is 3.12. The smallest absolute Gasteiger partial charge is 0.273 e. The number of amides is 1. The van der Waals surface area contributed by atoms with Crippen LogP contribution in [0, 0.1) is 5.92 Å². The first-order chi connectivity index (χ1) is 15.1. The SMILES string of the molecule is CC.CNC(=O)/C(=N\OC)c1ccccc1CO/N=C(C)\C(=N/OC)C1CCCCC1. The minimum Gasteiger partial charge on any atom is -0.399 e. The Morgan fingerprint density at radius 1 is 1.03 bits per heavy atom. The number of nitrogens with zero attached hydrogens (tertiary/aromatic N) is 3. The molecule has 0 atom stereocenters. The Morgan fingerprint density at radius 2 is 1.68 bits per heavy atom. The Kier molecular flexibility index (Phi) is 12.6. The van der Waals surface area contributed by atoms with Gasteiger partial charge >= 0.3 is 0 Å². The van der Waals surface area contributed by atoms with Gasteiger partial charge in [-0.3, -0.25) is 4.79 Å². The molecule has 0 unspecified atom stereocenters. The van der Waals surface area contributed by atoms with Crippen LogP contribution in [0.2, 0.25) is 0 Å². The van der Waals surface area contributed by atoms with E-state index in [-0.39, 0.29) is 18.2 Å². The second-order valence-electron chi connectivity index (χ2n) is 6.80. The molecule has 2 rings (SSSR count). The fourth-order valence-electron chi connectivity index (χ4n) is 3.46. The van der Waals surface area contributed by atoms with Crippen LogP contribution in [-0.4, -0.2) is 44.3 Å². The third kappa shape index (κ3) is 8.03. The monoisotopic (exact) mass is 432 g/mol. The lowest BCUT2D eigenvalue weighted by molar-refractivity contribution is -0.114. The number of hydrogen-bond donors (Lipinski definition) is 1. The lowest BCUT2D eigenvalue weighted by Crippen LogP contribution is -2.29. The second-order valence-corrected chi connectivity index (χ2v) is 6.80. The van der Waals surface area contributed by atoms with Gasteiger partial charge in [0.25, 0.3) is 5.91 Å². The van der Waals surface area contributed by atoms with Gasteiger partial charge in [0.1, 0.15) is 32.2 Å². The number of likely N-dealkylation sites (N-methyl/N-ethyl adjacent to an activating group) is 1. The molecule has 8 heteroatoms. The molecular formula is C23H36N4O4. The van der Waals surface area contributed by atoms with E-state index in [1.807, 2.05) is 39.0 Å². The number of hydrogen-bond acceptors (Lipinski definition) is 7. The molecule has 1 aliphatic rings. The Morgan fingerprint density at radius 3 is 2.29 bits per heavy atom. The summed E-state index contributed by atoms with van der Waals surface area (Å²) in [5.74, 6) is 0.00261. The highest BCUT2D eigenvalue weighted by molar-refractivity contribution is 6.45. The zero-order valence-electron chi connectivity index (χ0n) is 19.6. The van der Waals surface area contributed by atoms with Crippen LogP contribution < -0.4 is 5.32 Å². The van der Waals surface area contributed by atoms with E-state index in [0.29, 0.717) is 17.2 Å². The third-order valence-corrected chi connectivity index (χ3v) is 4.87. The summed E-state index contributed by atoms with van der Waals surface area (Å²) in [6.07, 6.45) is 5.81. The van der Waals surface area contributed by atoms with Gasteiger partial charge in [0, 0.05) is 24.1 Å². The highest BCUT2D eigenvalue weighted by atomic mass is 16.6. The molecule has 0 radical (unpaired) electrons. The van der Waals surface area contributed by atoms with Crippen LogP contribution in [-0.2, 0) is 25.9 Å². The Bertz CT molecular complexity index is 769. The predicted molar refractivity (Wildman–Crippen MR) is 124 cm³/mol. The van der Waals surface area contributed by atoms with E-state index in [9.17, 15) is 4.79 Å². The molecule has 1 saturated carbocycles. The Balaban J connectivity index is 0.00000233. The van der Waals surface area contributed by atoms with E-state index < -0.39 is 0 Å². The molecule has 0 heterocycles. The zero-order chi connectivity index (χ0) is 23.1. The fourth-order valence-corrected chi connectivity index (χ4v) is 3.46. The molecular weight excluding hydrogens is 396 g/mol. The number of carbonyl (C=O) groups is 1. The van der Waals surface area contributed by atoms with Gasteiger partial charge in [-0.25, -0.2) is 0 Å². The first kappa shape index (κ1) is 26.1. The quantitative estimate of drug-likeness (QED) is 0.465. The molecule has 172 valence electrons. The van der Waals surface area contributed by atoms with Crippen molar-refractivity contribution in [3.63, 3.8) is 0 Å². The molecule has 1 aromatic carbocycles. The minimum absolute atomic E-state index is 0.179. The van der Waals surface area contributed by atoms with Gasteiger partial charge in [-0.15, -0.1) is 0 Å². The first-order valence-electron chi connectivity index (χ1n) is 10.8. The summed E-state index contributed by atoms with van der Waals surface area (Å²) in [6, 6.07) is 7.35. The molecule has 1 aliphatic carbocycles. The molecule has 0 aromatic heterocycles. The van der Waals surface area contributed by atoms with E-state index in [0.717, 1.165) is 24.1 Å².